The molecular weight excluding hydrogens is 416 g/mol. The number of rotatable bonds is 8. The van der Waals surface area contributed by atoms with Crippen molar-refractivity contribution in [2.24, 2.45) is 5.10 Å². The van der Waals surface area contributed by atoms with E-state index in [0.29, 0.717) is 0 Å². The van der Waals surface area contributed by atoms with Crippen LogP contribution < -0.4 is 5.32 Å². The second kappa shape index (κ2) is 9.73. The second-order valence-corrected chi connectivity index (χ2v) is 5.57. The zero-order chi connectivity index (χ0) is 23.1. The minimum Gasteiger partial charge on any atom is -0.481 e. The number of imide groups is 1. The number of hydrogen-bond donors (Lipinski definition) is 5. The Kier molecular flexibility index (Phi) is 7.69. The quantitative estimate of drug-likeness (QED) is 0.141. The third-order valence-corrected chi connectivity index (χ3v) is 3.18. The molecule has 16 nitrogen and oxygen atoms in total. The topological polar surface area (TPSA) is 250 Å². The van der Waals surface area contributed by atoms with E-state index in [0.717, 1.165) is 17.3 Å². The zero-order valence-electron chi connectivity index (χ0n) is 14.7. The van der Waals surface area contributed by atoms with Crippen LogP contribution in [0.2, 0.25) is 0 Å². The van der Waals surface area contributed by atoms with Crippen LogP contribution in [0.15, 0.2) is 21.7 Å². The van der Waals surface area contributed by atoms with E-state index in [-0.39, 0.29) is 12.3 Å². The van der Waals surface area contributed by atoms with E-state index < -0.39 is 59.1 Å². The predicted molar refractivity (Wildman–Crippen MR) is 90.3 cm³/mol. The summed E-state index contributed by atoms with van der Waals surface area (Å²) in [7, 11) is 0. The lowest BCUT2D eigenvalue weighted by Gasteiger charge is -2.18. The number of nitrogens with one attached hydrogen (secondary N) is 1. The van der Waals surface area contributed by atoms with Gasteiger partial charge in [0.05, 0.1) is 25.1 Å². The molecule has 0 radical (unpaired) electrons. The minimum absolute atomic E-state index is 0.115. The highest BCUT2D eigenvalue weighted by Crippen LogP contribution is 2.16. The van der Waals surface area contributed by atoms with Crippen molar-refractivity contribution in [1.82, 2.24) is 10.3 Å². The van der Waals surface area contributed by atoms with Gasteiger partial charge in [-0.1, -0.05) is 0 Å². The molecule has 0 spiro atoms. The summed E-state index contributed by atoms with van der Waals surface area (Å²) in [5.41, 5.74) is -2.74. The van der Waals surface area contributed by atoms with Crippen molar-refractivity contribution in [3.8, 4) is 0 Å². The van der Waals surface area contributed by atoms with E-state index in [4.69, 9.17) is 24.8 Å². The van der Waals surface area contributed by atoms with E-state index in [1.807, 2.05) is 5.32 Å². The third kappa shape index (κ3) is 7.00. The van der Waals surface area contributed by atoms with Crippen molar-refractivity contribution < 1.29 is 53.7 Å². The zero-order valence-corrected chi connectivity index (χ0v) is 14.7. The van der Waals surface area contributed by atoms with Gasteiger partial charge in [0.25, 0.3) is 0 Å². The Labute approximate surface area is 165 Å². The standard InChI is InChI=1S/C8H6N4O5.C6H8O7/c13-6-4-11(8(14)10-6)9-3-5-1-2-7(17-5)12(15)16;7-3(8)1-6(13,5(11)12)2-4(9)10/h1-3H,4H2,(H,10,13,14);13H,1-2H2,(H,7,8)(H,9,10)(H,11,12)/b9-3+;. The van der Waals surface area contributed by atoms with E-state index in [1.165, 1.54) is 6.07 Å². The molecule has 0 atom stereocenters. The number of carboxylic acids is 3. The maximum Gasteiger partial charge on any atom is 0.433 e. The van der Waals surface area contributed by atoms with Gasteiger partial charge in [-0.05, 0) is 6.07 Å². The molecule has 30 heavy (non-hydrogen) atoms. The molecule has 1 aromatic heterocycles. The average molecular weight is 430 g/mol. The Morgan fingerprint density at radius 1 is 1.23 bits per heavy atom. The highest BCUT2D eigenvalue weighted by Gasteiger charge is 2.40. The number of furan rings is 1. The summed E-state index contributed by atoms with van der Waals surface area (Å²) in [6, 6.07) is 1.85. The molecule has 2 heterocycles. The van der Waals surface area contributed by atoms with Crippen LogP contribution in [0.25, 0.3) is 0 Å². The van der Waals surface area contributed by atoms with Crippen LogP contribution in [0.5, 0.6) is 0 Å². The molecule has 0 aliphatic carbocycles. The van der Waals surface area contributed by atoms with Gasteiger partial charge in [-0.2, -0.15) is 5.10 Å². The Morgan fingerprint density at radius 2 is 1.80 bits per heavy atom. The maximum atomic E-state index is 11.1. The first-order valence-electron chi connectivity index (χ1n) is 7.63. The first-order chi connectivity index (χ1) is 13.8. The molecule has 16 heteroatoms. The third-order valence-electron chi connectivity index (χ3n) is 3.18. The normalized spacial score (nSPS) is 13.6. The van der Waals surface area contributed by atoms with E-state index in [9.17, 15) is 34.1 Å². The van der Waals surface area contributed by atoms with Crippen LogP contribution >= 0.6 is 0 Å². The van der Waals surface area contributed by atoms with Crippen LogP contribution in [0.1, 0.15) is 18.6 Å². The molecule has 2 rings (SSSR count). The number of nitrogens with zero attached hydrogens (tertiary/aromatic N) is 3. The summed E-state index contributed by atoms with van der Waals surface area (Å²) in [4.78, 5) is 62.0. The maximum absolute atomic E-state index is 11.1. The number of aliphatic hydroxyl groups is 1. The SMILES string of the molecule is O=C(O)CC(O)(CC(=O)O)C(=O)O.O=C1CN(/N=C/c2ccc([N+](=O)[O-])o2)C(=O)N1. The molecule has 5 N–H and O–H groups in total. The van der Waals surface area contributed by atoms with Crippen LogP contribution in [0, 0.1) is 10.1 Å². The summed E-state index contributed by atoms with van der Waals surface area (Å²) in [5.74, 6) is -5.79. The molecule has 0 aromatic carbocycles. The Balaban J connectivity index is 0.000000314. The fourth-order valence-corrected chi connectivity index (χ4v) is 1.87. The van der Waals surface area contributed by atoms with Gasteiger partial charge in [-0.25, -0.2) is 14.6 Å². The lowest BCUT2D eigenvalue weighted by molar-refractivity contribution is -0.402. The fourth-order valence-electron chi connectivity index (χ4n) is 1.87. The fraction of sp³-hybridized carbons (Fsp3) is 0.286. The first kappa shape index (κ1) is 23.7. The predicted octanol–water partition coefficient (Wildman–Crippen LogP) is -1.17. The lowest BCUT2D eigenvalue weighted by atomic mass is 9.96. The van der Waals surface area contributed by atoms with Crippen LogP contribution in [-0.4, -0.2) is 78.6 Å². The number of aliphatic carboxylic acids is 3. The molecule has 1 aliphatic heterocycles. The van der Waals surface area contributed by atoms with Crippen molar-refractivity contribution in [3.05, 3.63) is 28.0 Å². The summed E-state index contributed by atoms with van der Waals surface area (Å²) in [6.07, 6.45) is -1.17. The van der Waals surface area contributed by atoms with Crippen molar-refractivity contribution in [1.29, 1.82) is 0 Å². The number of hydrogen-bond acceptors (Lipinski definition) is 10. The first-order valence-corrected chi connectivity index (χ1v) is 7.63. The monoisotopic (exact) mass is 430 g/mol. The number of carbonyl (C=O) groups excluding carboxylic acids is 2. The van der Waals surface area contributed by atoms with Crippen molar-refractivity contribution >= 4 is 41.9 Å². The number of urea groups is 1. The van der Waals surface area contributed by atoms with Gasteiger partial charge in [0.15, 0.2) is 11.4 Å². The van der Waals surface area contributed by atoms with E-state index in [2.05, 4.69) is 5.10 Å². The number of amides is 3. The molecule has 0 saturated carbocycles. The highest BCUT2D eigenvalue weighted by atomic mass is 16.6. The van der Waals surface area contributed by atoms with Crippen molar-refractivity contribution in [3.63, 3.8) is 0 Å². The molecule has 0 bridgehead atoms. The van der Waals surface area contributed by atoms with Gasteiger partial charge in [-0.15, -0.1) is 0 Å². The average Bonchev–Trinajstić information content (AvgIpc) is 3.18. The molecule has 1 aromatic rings. The van der Waals surface area contributed by atoms with E-state index >= 15 is 0 Å². The van der Waals surface area contributed by atoms with Gasteiger partial charge < -0.3 is 24.8 Å². The number of hydrazone groups is 1. The summed E-state index contributed by atoms with van der Waals surface area (Å²) in [6.45, 7) is -0.182. The molecular formula is C14H14N4O12. The van der Waals surface area contributed by atoms with Crippen LogP contribution in [0.4, 0.5) is 10.7 Å². The largest absolute Gasteiger partial charge is 0.481 e. The van der Waals surface area contributed by atoms with Crippen LogP contribution in [-0.2, 0) is 19.2 Å². The number of nitro groups is 1. The van der Waals surface area contributed by atoms with Gasteiger partial charge in [0.1, 0.15) is 11.5 Å². The van der Waals surface area contributed by atoms with Gasteiger partial charge >= 0.3 is 29.8 Å². The smallest absolute Gasteiger partial charge is 0.433 e. The van der Waals surface area contributed by atoms with Gasteiger partial charge in [0, 0.05) is 0 Å². The number of carboxylic acid groups (broad SMARTS) is 3. The summed E-state index contributed by atoms with van der Waals surface area (Å²) in [5, 5.41) is 50.7. The Morgan fingerprint density at radius 3 is 2.17 bits per heavy atom. The van der Waals surface area contributed by atoms with Gasteiger partial charge in [0.2, 0.25) is 5.91 Å². The van der Waals surface area contributed by atoms with Crippen molar-refractivity contribution in [2.75, 3.05) is 6.54 Å². The lowest BCUT2D eigenvalue weighted by Crippen LogP contribution is -2.42. The Hall–Kier alpha value is -4.34. The second-order valence-electron chi connectivity index (χ2n) is 5.57. The molecule has 0 unspecified atom stereocenters. The highest BCUT2D eigenvalue weighted by molar-refractivity contribution is 6.02. The summed E-state index contributed by atoms with van der Waals surface area (Å²) < 4.78 is 4.78. The van der Waals surface area contributed by atoms with E-state index in [1.54, 1.807) is 0 Å². The van der Waals surface area contributed by atoms with Crippen molar-refractivity contribution in [2.45, 2.75) is 18.4 Å². The molecule has 3 amide bonds. The van der Waals surface area contributed by atoms with Gasteiger partial charge in [-0.3, -0.25) is 29.8 Å². The minimum atomic E-state index is -2.74. The molecule has 1 aliphatic rings. The number of carbonyl (C=O) groups is 5. The summed E-state index contributed by atoms with van der Waals surface area (Å²) >= 11 is 0. The molecule has 1 fully saturated rings. The van der Waals surface area contributed by atoms with Crippen LogP contribution in [0.3, 0.4) is 0 Å². The molecule has 1 saturated heterocycles. The molecule has 162 valence electrons. The Bertz CT molecular complexity index is 888.